The van der Waals surface area contributed by atoms with Crippen molar-refractivity contribution in [1.82, 2.24) is 15.4 Å². The zero-order valence-corrected chi connectivity index (χ0v) is 18.7. The summed E-state index contributed by atoms with van der Waals surface area (Å²) >= 11 is 5.95. The lowest BCUT2D eigenvalue weighted by Gasteiger charge is -2.22. The Hall–Kier alpha value is -1.48. The second kappa shape index (κ2) is 11.3. The number of ether oxygens (including phenoxy) is 1. The van der Waals surface area contributed by atoms with Gasteiger partial charge in [0.25, 0.3) is 0 Å². The minimum Gasteiger partial charge on any atom is -0.492 e. The van der Waals surface area contributed by atoms with Crippen LogP contribution in [0.4, 0.5) is 0 Å². The minimum atomic E-state index is 0. The van der Waals surface area contributed by atoms with E-state index >= 15 is 0 Å². The van der Waals surface area contributed by atoms with Gasteiger partial charge in [-0.2, -0.15) is 0 Å². The second-order valence-corrected chi connectivity index (χ2v) is 6.19. The molecule has 0 bridgehead atoms. The third-order valence-electron chi connectivity index (χ3n) is 3.90. The van der Waals surface area contributed by atoms with Gasteiger partial charge in [-0.3, -0.25) is 4.99 Å². The van der Waals surface area contributed by atoms with Crippen molar-refractivity contribution in [1.29, 1.82) is 0 Å². The fraction of sp³-hybridized carbons (Fsp3) is 0.444. The molecule has 1 aromatic heterocycles. The first-order valence-corrected chi connectivity index (χ1v) is 8.61. The summed E-state index contributed by atoms with van der Waals surface area (Å²) in [6.07, 6.45) is 0.840. The maximum atomic E-state index is 5.95. The lowest BCUT2D eigenvalue weighted by atomic mass is 10.1. The summed E-state index contributed by atoms with van der Waals surface area (Å²) in [5.74, 6) is 2.46. The van der Waals surface area contributed by atoms with Crippen molar-refractivity contribution in [3.05, 3.63) is 46.3 Å². The van der Waals surface area contributed by atoms with E-state index in [1.807, 2.05) is 44.0 Å². The van der Waals surface area contributed by atoms with Gasteiger partial charge in [-0.05, 0) is 38.5 Å². The number of nitrogens with one attached hydrogen (secondary N) is 1. The molecule has 26 heavy (non-hydrogen) atoms. The maximum absolute atomic E-state index is 5.95. The number of halogens is 2. The lowest BCUT2D eigenvalue weighted by Crippen LogP contribution is -2.41. The zero-order valence-electron chi connectivity index (χ0n) is 15.6. The first-order valence-electron chi connectivity index (χ1n) is 8.23. The Labute approximate surface area is 177 Å². The molecule has 1 aromatic carbocycles. The highest BCUT2D eigenvalue weighted by molar-refractivity contribution is 14.0. The summed E-state index contributed by atoms with van der Waals surface area (Å²) in [6, 6.07) is 7.39. The van der Waals surface area contributed by atoms with Gasteiger partial charge in [0.1, 0.15) is 18.1 Å². The van der Waals surface area contributed by atoms with Crippen LogP contribution in [-0.2, 0) is 6.42 Å². The molecular formula is C18H26ClIN4O2. The average Bonchev–Trinajstić information content (AvgIpc) is 2.90. The molecule has 1 N–H and O–H groups in total. The molecule has 0 saturated carbocycles. The number of aliphatic imine (C=N–C) groups is 1. The molecular weight excluding hydrogens is 467 g/mol. The van der Waals surface area contributed by atoms with Gasteiger partial charge in [0.05, 0.1) is 12.2 Å². The van der Waals surface area contributed by atoms with E-state index < -0.39 is 0 Å². The van der Waals surface area contributed by atoms with Crippen molar-refractivity contribution in [3.63, 3.8) is 0 Å². The molecule has 0 spiro atoms. The highest BCUT2D eigenvalue weighted by Gasteiger charge is 2.10. The predicted molar refractivity (Wildman–Crippen MR) is 116 cm³/mol. The Kier molecular flexibility index (Phi) is 9.79. The van der Waals surface area contributed by atoms with E-state index in [0.717, 1.165) is 41.7 Å². The van der Waals surface area contributed by atoms with E-state index in [9.17, 15) is 0 Å². The fourth-order valence-electron chi connectivity index (χ4n) is 2.51. The SMILES string of the molecule is CN=C(NCCc1c(C)noc1C)N(C)CCOc1cccc(Cl)c1.I. The van der Waals surface area contributed by atoms with Crippen LogP contribution in [0.1, 0.15) is 17.0 Å². The van der Waals surface area contributed by atoms with Crippen LogP contribution in [0.2, 0.25) is 5.02 Å². The zero-order chi connectivity index (χ0) is 18.2. The molecule has 0 unspecified atom stereocenters. The minimum absolute atomic E-state index is 0. The topological polar surface area (TPSA) is 62.9 Å². The molecule has 144 valence electrons. The smallest absolute Gasteiger partial charge is 0.193 e. The number of aromatic nitrogens is 1. The molecule has 0 aliphatic rings. The van der Waals surface area contributed by atoms with Crippen molar-refractivity contribution in [3.8, 4) is 5.75 Å². The van der Waals surface area contributed by atoms with Crippen LogP contribution >= 0.6 is 35.6 Å². The third kappa shape index (κ3) is 6.68. The van der Waals surface area contributed by atoms with E-state index in [2.05, 4.69) is 15.5 Å². The maximum Gasteiger partial charge on any atom is 0.193 e. The van der Waals surface area contributed by atoms with Gasteiger partial charge in [0.2, 0.25) is 0 Å². The number of rotatable bonds is 7. The summed E-state index contributed by atoms with van der Waals surface area (Å²) < 4.78 is 10.9. The monoisotopic (exact) mass is 492 g/mol. The van der Waals surface area contributed by atoms with E-state index in [0.29, 0.717) is 18.2 Å². The largest absolute Gasteiger partial charge is 0.492 e. The van der Waals surface area contributed by atoms with Crippen molar-refractivity contribution in [2.45, 2.75) is 20.3 Å². The number of aryl methyl sites for hydroxylation is 2. The quantitative estimate of drug-likeness (QED) is 0.363. The average molecular weight is 493 g/mol. The van der Waals surface area contributed by atoms with Crippen LogP contribution in [0, 0.1) is 13.8 Å². The van der Waals surface area contributed by atoms with Gasteiger partial charge in [0.15, 0.2) is 5.96 Å². The van der Waals surface area contributed by atoms with Crippen LogP contribution in [0.15, 0.2) is 33.8 Å². The standard InChI is InChI=1S/C18H25ClN4O2.HI/c1-13-17(14(2)25-22-13)8-9-21-18(20-3)23(4)10-11-24-16-7-5-6-15(19)12-16;/h5-7,12H,8-11H2,1-4H3,(H,20,21);1H. The van der Waals surface area contributed by atoms with Gasteiger partial charge in [-0.25, -0.2) is 0 Å². The Morgan fingerprint density at radius 1 is 1.38 bits per heavy atom. The van der Waals surface area contributed by atoms with E-state index in [4.69, 9.17) is 20.9 Å². The molecule has 6 nitrogen and oxygen atoms in total. The van der Waals surface area contributed by atoms with E-state index in [1.165, 1.54) is 0 Å². The van der Waals surface area contributed by atoms with Crippen molar-refractivity contribution in [2.24, 2.45) is 4.99 Å². The molecule has 0 aliphatic heterocycles. The molecule has 0 aliphatic carbocycles. The molecule has 1 heterocycles. The molecule has 0 saturated heterocycles. The molecule has 0 radical (unpaired) electrons. The number of likely N-dealkylation sites (N-methyl/N-ethyl adjacent to an activating group) is 1. The summed E-state index contributed by atoms with van der Waals surface area (Å²) in [4.78, 5) is 6.33. The molecule has 2 rings (SSSR count). The number of nitrogens with zero attached hydrogens (tertiary/aromatic N) is 3. The number of hydrogen-bond acceptors (Lipinski definition) is 4. The second-order valence-electron chi connectivity index (χ2n) is 5.75. The van der Waals surface area contributed by atoms with Crippen LogP contribution in [0.5, 0.6) is 5.75 Å². The molecule has 0 fully saturated rings. The Bertz CT molecular complexity index is 701. The van der Waals surface area contributed by atoms with E-state index in [1.54, 1.807) is 13.1 Å². The van der Waals surface area contributed by atoms with Gasteiger partial charge < -0.3 is 19.5 Å². The van der Waals surface area contributed by atoms with Gasteiger partial charge in [0, 0.05) is 31.2 Å². The summed E-state index contributed by atoms with van der Waals surface area (Å²) in [7, 11) is 3.75. The number of guanidine groups is 1. The molecule has 8 heteroatoms. The van der Waals surface area contributed by atoms with Gasteiger partial charge in [-0.15, -0.1) is 24.0 Å². The van der Waals surface area contributed by atoms with Gasteiger partial charge >= 0.3 is 0 Å². The van der Waals surface area contributed by atoms with Crippen molar-refractivity contribution < 1.29 is 9.26 Å². The fourth-order valence-corrected chi connectivity index (χ4v) is 2.69. The number of benzene rings is 1. The summed E-state index contributed by atoms with van der Waals surface area (Å²) in [5, 5.41) is 7.99. The van der Waals surface area contributed by atoms with Crippen molar-refractivity contribution in [2.75, 3.05) is 33.8 Å². The normalized spacial score (nSPS) is 11.0. The Morgan fingerprint density at radius 3 is 2.77 bits per heavy atom. The third-order valence-corrected chi connectivity index (χ3v) is 4.14. The lowest BCUT2D eigenvalue weighted by molar-refractivity contribution is 0.281. The predicted octanol–water partition coefficient (Wildman–Crippen LogP) is 3.69. The van der Waals surface area contributed by atoms with Crippen LogP contribution < -0.4 is 10.1 Å². The Balaban J connectivity index is 0.00000338. The van der Waals surface area contributed by atoms with Crippen molar-refractivity contribution >= 4 is 41.5 Å². The molecule has 0 amide bonds. The highest BCUT2D eigenvalue weighted by Crippen LogP contribution is 2.17. The first kappa shape index (κ1) is 22.6. The van der Waals surface area contributed by atoms with Gasteiger partial charge in [-0.1, -0.05) is 22.8 Å². The Morgan fingerprint density at radius 2 is 2.15 bits per heavy atom. The molecule has 2 aromatic rings. The number of hydrogen-bond donors (Lipinski definition) is 1. The van der Waals surface area contributed by atoms with Crippen LogP contribution in [0.3, 0.4) is 0 Å². The summed E-state index contributed by atoms with van der Waals surface area (Å²) in [5.41, 5.74) is 2.09. The van der Waals surface area contributed by atoms with E-state index in [-0.39, 0.29) is 24.0 Å². The van der Waals surface area contributed by atoms with Crippen LogP contribution in [0.25, 0.3) is 0 Å². The highest BCUT2D eigenvalue weighted by atomic mass is 127. The first-order chi connectivity index (χ1) is 12.0. The molecule has 0 atom stereocenters. The van der Waals surface area contributed by atoms with Crippen LogP contribution in [-0.4, -0.2) is 49.8 Å². The summed E-state index contributed by atoms with van der Waals surface area (Å²) in [6.45, 7) is 5.90.